The number of aryl methyl sites for hydroxylation is 1. The molecule has 11 nitrogen and oxygen atoms in total. The van der Waals surface area contributed by atoms with Crippen LogP contribution in [0.15, 0.2) is 30.6 Å². The molecule has 3 aromatic heterocycles. The molecule has 1 saturated carbocycles. The maximum atomic E-state index is 13.9. The number of hydrogen-bond donors (Lipinski definition) is 3. The van der Waals surface area contributed by atoms with Gasteiger partial charge in [0.15, 0.2) is 11.5 Å². The van der Waals surface area contributed by atoms with Gasteiger partial charge in [0.2, 0.25) is 17.8 Å². The standard InChI is InChI=1S/C22H22F4N8O3/c1-11(14-5-12(23)6-29-17(14)24)37-20(36)31-18-16(32-33-34(18)2)15-4-3-13(7-28-15)30-19(35)21(10-27)8-22(25,26)9-21/h3-7,11H,8-10,27H2,1-2H3,(H,30,35)(H,31,36)/t11-/m1/s1. The molecule has 0 bridgehead atoms. The zero-order valence-electron chi connectivity index (χ0n) is 19.6. The van der Waals surface area contributed by atoms with Crippen molar-refractivity contribution in [3.63, 3.8) is 0 Å². The van der Waals surface area contributed by atoms with Crippen LogP contribution in [0.5, 0.6) is 0 Å². The van der Waals surface area contributed by atoms with Crippen LogP contribution in [0.25, 0.3) is 11.4 Å². The number of nitrogens with zero attached hydrogens (tertiary/aromatic N) is 5. The number of carbonyl (C=O) groups is 2. The van der Waals surface area contributed by atoms with Crippen molar-refractivity contribution in [2.24, 2.45) is 18.2 Å². The van der Waals surface area contributed by atoms with Gasteiger partial charge in [-0.1, -0.05) is 5.21 Å². The van der Waals surface area contributed by atoms with Gasteiger partial charge in [-0.25, -0.2) is 27.6 Å². The molecule has 2 amide bonds. The largest absolute Gasteiger partial charge is 0.441 e. The molecule has 3 heterocycles. The average molecular weight is 522 g/mol. The molecular formula is C22H22F4N8O3. The molecule has 1 fully saturated rings. The number of halogens is 4. The van der Waals surface area contributed by atoms with E-state index in [0.29, 0.717) is 6.20 Å². The summed E-state index contributed by atoms with van der Waals surface area (Å²) in [4.78, 5) is 32.4. The molecule has 15 heteroatoms. The quantitative estimate of drug-likeness (QED) is 0.316. The number of aromatic nitrogens is 5. The molecule has 1 aliphatic carbocycles. The van der Waals surface area contributed by atoms with Crippen LogP contribution in [-0.2, 0) is 16.6 Å². The fourth-order valence-corrected chi connectivity index (χ4v) is 3.95. The summed E-state index contributed by atoms with van der Waals surface area (Å²) >= 11 is 0. The van der Waals surface area contributed by atoms with Crippen molar-refractivity contribution in [2.45, 2.75) is 31.8 Å². The molecule has 37 heavy (non-hydrogen) atoms. The van der Waals surface area contributed by atoms with Crippen LogP contribution in [0.4, 0.5) is 33.9 Å². The van der Waals surface area contributed by atoms with E-state index in [0.717, 1.165) is 6.07 Å². The lowest BCUT2D eigenvalue weighted by Gasteiger charge is -2.45. The molecule has 0 aromatic carbocycles. The van der Waals surface area contributed by atoms with Gasteiger partial charge in [-0.05, 0) is 25.1 Å². The number of alkyl halides is 2. The molecule has 4 rings (SSSR count). The first-order chi connectivity index (χ1) is 17.4. The zero-order valence-corrected chi connectivity index (χ0v) is 19.6. The minimum absolute atomic E-state index is 0.0816. The van der Waals surface area contributed by atoms with E-state index in [1.165, 1.54) is 37.0 Å². The van der Waals surface area contributed by atoms with Gasteiger partial charge in [-0.3, -0.25) is 15.1 Å². The fraction of sp³-hybridized carbons (Fsp3) is 0.364. The maximum Gasteiger partial charge on any atom is 0.413 e. The smallest absolute Gasteiger partial charge is 0.413 e. The Labute approximate surface area is 207 Å². The highest BCUT2D eigenvalue weighted by molar-refractivity contribution is 5.96. The Kier molecular flexibility index (Phi) is 6.82. The van der Waals surface area contributed by atoms with Crippen molar-refractivity contribution in [3.05, 3.63) is 47.9 Å². The maximum absolute atomic E-state index is 13.9. The molecule has 0 radical (unpaired) electrons. The lowest BCUT2D eigenvalue weighted by molar-refractivity contribution is -0.172. The Bertz CT molecular complexity index is 1320. The van der Waals surface area contributed by atoms with Crippen molar-refractivity contribution in [1.82, 2.24) is 25.0 Å². The van der Waals surface area contributed by atoms with Gasteiger partial charge in [0.05, 0.1) is 34.8 Å². The first-order valence-electron chi connectivity index (χ1n) is 11.0. The summed E-state index contributed by atoms with van der Waals surface area (Å²) in [5.41, 5.74) is 4.61. The van der Waals surface area contributed by atoms with E-state index in [2.05, 4.69) is 30.9 Å². The summed E-state index contributed by atoms with van der Waals surface area (Å²) in [5, 5.41) is 12.8. The molecular weight excluding hydrogens is 500 g/mol. The summed E-state index contributed by atoms with van der Waals surface area (Å²) in [6.07, 6.45) is -1.44. The number of nitrogens with one attached hydrogen (secondary N) is 2. The summed E-state index contributed by atoms with van der Waals surface area (Å²) < 4.78 is 60.3. The van der Waals surface area contributed by atoms with Gasteiger partial charge in [0, 0.05) is 26.4 Å². The van der Waals surface area contributed by atoms with Gasteiger partial charge >= 0.3 is 6.09 Å². The highest BCUT2D eigenvalue weighted by atomic mass is 19.3. The van der Waals surface area contributed by atoms with Crippen LogP contribution in [-0.4, -0.2) is 49.4 Å². The highest BCUT2D eigenvalue weighted by Crippen LogP contribution is 2.51. The zero-order chi connectivity index (χ0) is 27.0. The van der Waals surface area contributed by atoms with E-state index in [1.54, 1.807) is 0 Å². The van der Waals surface area contributed by atoms with Crippen LogP contribution in [0.3, 0.4) is 0 Å². The minimum atomic E-state index is -2.92. The second-order valence-corrected chi connectivity index (χ2v) is 8.70. The SMILES string of the molecule is C[C@@H](OC(=O)Nc1c(-c2ccc(NC(=O)C3(CN)CC(F)(F)C3)cn2)nnn1C)c1cc(F)cnc1F. The van der Waals surface area contributed by atoms with Crippen LogP contribution in [0, 0.1) is 17.2 Å². The van der Waals surface area contributed by atoms with Gasteiger partial charge in [0.25, 0.3) is 0 Å². The Morgan fingerprint density at radius 2 is 1.92 bits per heavy atom. The van der Waals surface area contributed by atoms with E-state index in [9.17, 15) is 27.2 Å². The third-order valence-corrected chi connectivity index (χ3v) is 5.93. The summed E-state index contributed by atoms with van der Waals surface area (Å²) in [6, 6.07) is 3.81. The number of pyridine rings is 2. The molecule has 1 aliphatic rings. The van der Waals surface area contributed by atoms with Crippen molar-refractivity contribution in [2.75, 3.05) is 17.2 Å². The second-order valence-electron chi connectivity index (χ2n) is 8.70. The first-order valence-corrected chi connectivity index (χ1v) is 11.0. The fourth-order valence-electron chi connectivity index (χ4n) is 3.95. The summed E-state index contributed by atoms with van der Waals surface area (Å²) in [5.74, 6) is -5.24. The Balaban J connectivity index is 1.44. The van der Waals surface area contributed by atoms with Gasteiger partial charge in [-0.2, -0.15) is 4.39 Å². The molecule has 1 atom stereocenters. The Morgan fingerprint density at radius 1 is 1.19 bits per heavy atom. The van der Waals surface area contributed by atoms with Crippen molar-refractivity contribution >= 4 is 23.5 Å². The first kappa shape index (κ1) is 25.9. The van der Waals surface area contributed by atoms with Crippen LogP contribution in [0.1, 0.15) is 31.4 Å². The van der Waals surface area contributed by atoms with Gasteiger partial charge in [0.1, 0.15) is 11.9 Å². The number of rotatable bonds is 7. The average Bonchev–Trinajstić information content (AvgIpc) is 3.18. The Morgan fingerprint density at radius 3 is 2.54 bits per heavy atom. The third-order valence-electron chi connectivity index (χ3n) is 5.93. The monoisotopic (exact) mass is 522 g/mol. The van der Waals surface area contributed by atoms with E-state index in [4.69, 9.17) is 10.5 Å². The van der Waals surface area contributed by atoms with E-state index < -0.39 is 54.0 Å². The molecule has 0 spiro atoms. The summed E-state index contributed by atoms with van der Waals surface area (Å²) in [6.45, 7) is 1.13. The number of ether oxygens (including phenoxy) is 1. The second kappa shape index (κ2) is 9.72. The predicted octanol–water partition coefficient (Wildman–Crippen LogP) is 3.17. The molecule has 0 unspecified atom stereocenters. The molecule has 196 valence electrons. The molecule has 0 aliphatic heterocycles. The van der Waals surface area contributed by atoms with Crippen LogP contribution in [0.2, 0.25) is 0 Å². The molecule has 0 saturated heterocycles. The summed E-state index contributed by atoms with van der Waals surface area (Å²) in [7, 11) is 1.49. The number of amides is 2. The van der Waals surface area contributed by atoms with Crippen molar-refractivity contribution in [1.29, 1.82) is 0 Å². The topological polar surface area (TPSA) is 150 Å². The normalized spacial score (nSPS) is 16.4. The van der Waals surface area contributed by atoms with Crippen LogP contribution < -0.4 is 16.4 Å². The number of nitrogens with two attached hydrogens (primary N) is 1. The minimum Gasteiger partial charge on any atom is -0.441 e. The van der Waals surface area contributed by atoms with Gasteiger partial charge < -0.3 is 15.8 Å². The van der Waals surface area contributed by atoms with E-state index in [-0.39, 0.29) is 35.0 Å². The molecule has 4 N–H and O–H groups in total. The number of hydrogen-bond acceptors (Lipinski definition) is 8. The van der Waals surface area contributed by atoms with Crippen LogP contribution >= 0.6 is 0 Å². The van der Waals surface area contributed by atoms with Crippen molar-refractivity contribution < 1.29 is 31.9 Å². The third kappa shape index (κ3) is 5.35. The number of anilines is 2. The highest BCUT2D eigenvalue weighted by Gasteiger charge is 2.60. The Hall–Kier alpha value is -4.14. The van der Waals surface area contributed by atoms with Crippen molar-refractivity contribution in [3.8, 4) is 11.4 Å². The molecule has 3 aromatic rings. The number of carbonyl (C=O) groups excluding carboxylic acids is 2. The van der Waals surface area contributed by atoms with E-state index in [1.807, 2.05) is 0 Å². The lowest BCUT2D eigenvalue weighted by atomic mass is 9.65. The van der Waals surface area contributed by atoms with Gasteiger partial charge in [-0.15, -0.1) is 5.10 Å². The lowest BCUT2D eigenvalue weighted by Crippen LogP contribution is -2.57. The predicted molar refractivity (Wildman–Crippen MR) is 121 cm³/mol. The van der Waals surface area contributed by atoms with E-state index >= 15 is 0 Å².